The molecule has 1 rings (SSSR count). The van der Waals surface area contributed by atoms with Crippen molar-refractivity contribution in [2.24, 2.45) is 0 Å². The van der Waals surface area contributed by atoms with E-state index in [1.165, 1.54) is 0 Å². The van der Waals surface area contributed by atoms with Gasteiger partial charge in [0, 0.05) is 23.3 Å². The second kappa shape index (κ2) is 3.19. The number of imidazole rings is 1. The maximum Gasteiger partial charge on any atom is 0.0948 e. The van der Waals surface area contributed by atoms with Gasteiger partial charge in [-0.2, -0.15) is 0 Å². The van der Waals surface area contributed by atoms with Gasteiger partial charge in [-0.05, 0) is 6.92 Å². The molecule has 0 aliphatic heterocycles. The fourth-order valence-electron chi connectivity index (χ4n) is 0.748. The van der Waals surface area contributed by atoms with E-state index >= 15 is 0 Å². The summed E-state index contributed by atoms with van der Waals surface area (Å²) in [5.74, 6) is 0. The number of rotatable bonds is 2. The molecule has 56 valence electrons. The average Bonchev–Trinajstić information content (AvgIpc) is 2.36. The van der Waals surface area contributed by atoms with Crippen molar-refractivity contribution in [2.75, 3.05) is 0 Å². The molecule has 1 heterocycles. The van der Waals surface area contributed by atoms with Crippen molar-refractivity contribution in [3.05, 3.63) is 18.7 Å². The lowest BCUT2D eigenvalue weighted by Crippen LogP contribution is -2.11. The van der Waals surface area contributed by atoms with Crippen LogP contribution in [-0.2, 0) is 0 Å². The Bertz CT molecular complexity index is 181. The van der Waals surface area contributed by atoms with Gasteiger partial charge in [-0.25, -0.2) is 4.98 Å². The largest absolute Gasteiger partial charge is 0.334 e. The molecule has 1 aromatic heterocycles. The van der Waals surface area contributed by atoms with Crippen LogP contribution < -0.4 is 0 Å². The topological polar surface area (TPSA) is 17.8 Å². The Morgan fingerprint density at radius 1 is 1.50 bits per heavy atom. The number of hydrogen-bond acceptors (Lipinski definition) is 1. The molecule has 0 saturated carbocycles. The predicted molar refractivity (Wildman–Crippen MR) is 45.3 cm³/mol. The Morgan fingerprint density at radius 3 is 2.60 bits per heavy atom. The van der Waals surface area contributed by atoms with Crippen LogP contribution in [0.15, 0.2) is 18.7 Å². The smallest absolute Gasteiger partial charge is 0.0948 e. The Balaban J connectivity index is 2.68. The molecule has 0 radical (unpaired) electrons. The fraction of sp³-hybridized carbons (Fsp3) is 0.571. The maximum absolute atomic E-state index is 3.97. The van der Waals surface area contributed by atoms with E-state index in [1.807, 2.05) is 12.5 Å². The van der Waals surface area contributed by atoms with Gasteiger partial charge in [-0.3, -0.25) is 0 Å². The number of aromatic nitrogens is 2. The summed E-state index contributed by atoms with van der Waals surface area (Å²) in [5, 5.41) is 0. The zero-order valence-electron chi connectivity index (χ0n) is 6.16. The summed E-state index contributed by atoms with van der Waals surface area (Å²) in [6, 6.07) is 0.475. The molecule has 1 aromatic rings. The van der Waals surface area contributed by atoms with Crippen molar-refractivity contribution in [3.8, 4) is 0 Å². The third-order valence-corrected chi connectivity index (χ3v) is 2.42. The van der Waals surface area contributed by atoms with Crippen LogP contribution in [0.3, 0.4) is 0 Å². The summed E-state index contributed by atoms with van der Waals surface area (Å²) in [4.78, 5) is 4.46. The summed E-state index contributed by atoms with van der Waals surface area (Å²) >= 11 is 3.51. The SMILES string of the molecule is CC(Br)C(C)n1ccnc1. The number of alkyl halides is 1. The van der Waals surface area contributed by atoms with Crippen molar-refractivity contribution < 1.29 is 0 Å². The lowest BCUT2D eigenvalue weighted by atomic mass is 10.3. The van der Waals surface area contributed by atoms with Crippen LogP contribution in [-0.4, -0.2) is 14.4 Å². The monoisotopic (exact) mass is 202 g/mol. The quantitative estimate of drug-likeness (QED) is 0.674. The first kappa shape index (κ1) is 7.79. The standard InChI is InChI=1S/C7H11BrN2/c1-6(8)7(2)10-4-3-9-5-10/h3-7H,1-2H3. The molecule has 2 nitrogen and oxygen atoms in total. The van der Waals surface area contributed by atoms with Crippen LogP contribution >= 0.6 is 15.9 Å². The molecular formula is C7H11BrN2. The lowest BCUT2D eigenvalue weighted by Gasteiger charge is -2.14. The summed E-state index contributed by atoms with van der Waals surface area (Å²) in [6.07, 6.45) is 5.61. The number of hydrogen-bond donors (Lipinski definition) is 0. The molecule has 0 N–H and O–H groups in total. The van der Waals surface area contributed by atoms with E-state index in [-0.39, 0.29) is 0 Å². The molecule has 0 saturated heterocycles. The zero-order valence-corrected chi connectivity index (χ0v) is 7.75. The highest BCUT2D eigenvalue weighted by Crippen LogP contribution is 2.16. The second-order valence-corrected chi connectivity index (χ2v) is 3.87. The van der Waals surface area contributed by atoms with Gasteiger partial charge in [0.05, 0.1) is 6.33 Å². The van der Waals surface area contributed by atoms with Crippen molar-refractivity contribution in [1.82, 2.24) is 9.55 Å². The molecule has 0 spiro atoms. The molecule has 3 heteroatoms. The van der Waals surface area contributed by atoms with Gasteiger partial charge >= 0.3 is 0 Å². The minimum atomic E-state index is 0.475. The Kier molecular flexibility index (Phi) is 2.49. The Hall–Kier alpha value is -0.310. The predicted octanol–water partition coefficient (Wildman–Crippen LogP) is 2.23. The van der Waals surface area contributed by atoms with E-state index in [1.54, 1.807) is 6.20 Å². The van der Waals surface area contributed by atoms with Crippen LogP contribution in [0, 0.1) is 0 Å². The van der Waals surface area contributed by atoms with Crippen molar-refractivity contribution in [2.45, 2.75) is 24.7 Å². The van der Waals surface area contributed by atoms with Crippen LogP contribution in [0.1, 0.15) is 19.9 Å². The van der Waals surface area contributed by atoms with Gasteiger partial charge in [-0.1, -0.05) is 22.9 Å². The summed E-state index contributed by atoms with van der Waals surface area (Å²) in [7, 11) is 0. The molecule has 0 fully saturated rings. The Labute approximate surface area is 69.4 Å². The van der Waals surface area contributed by atoms with E-state index in [0.29, 0.717) is 10.9 Å². The van der Waals surface area contributed by atoms with E-state index < -0.39 is 0 Å². The first-order valence-corrected chi connectivity index (χ1v) is 4.25. The molecular weight excluding hydrogens is 192 g/mol. The zero-order chi connectivity index (χ0) is 7.56. The molecule has 0 bridgehead atoms. The maximum atomic E-state index is 3.97. The summed E-state index contributed by atoms with van der Waals surface area (Å²) in [5.41, 5.74) is 0. The molecule has 10 heavy (non-hydrogen) atoms. The highest BCUT2D eigenvalue weighted by Gasteiger charge is 2.08. The van der Waals surface area contributed by atoms with Gasteiger partial charge < -0.3 is 4.57 Å². The number of nitrogens with zero attached hydrogens (tertiary/aromatic N) is 2. The fourth-order valence-corrected chi connectivity index (χ4v) is 1.02. The normalized spacial score (nSPS) is 16.7. The van der Waals surface area contributed by atoms with Crippen LogP contribution in [0.5, 0.6) is 0 Å². The average molecular weight is 203 g/mol. The molecule has 0 aliphatic rings. The minimum absolute atomic E-state index is 0.475. The van der Waals surface area contributed by atoms with Gasteiger partial charge in [-0.15, -0.1) is 0 Å². The Morgan fingerprint density at radius 2 is 2.20 bits per heavy atom. The van der Waals surface area contributed by atoms with Gasteiger partial charge in [0.15, 0.2) is 0 Å². The van der Waals surface area contributed by atoms with Crippen LogP contribution in [0.25, 0.3) is 0 Å². The number of halogens is 1. The molecule has 0 aliphatic carbocycles. The van der Waals surface area contributed by atoms with E-state index in [4.69, 9.17) is 0 Å². The van der Waals surface area contributed by atoms with Crippen molar-refractivity contribution >= 4 is 15.9 Å². The lowest BCUT2D eigenvalue weighted by molar-refractivity contribution is 0.548. The van der Waals surface area contributed by atoms with Gasteiger partial charge in [0.25, 0.3) is 0 Å². The third kappa shape index (κ3) is 1.59. The van der Waals surface area contributed by atoms with Gasteiger partial charge in [0.1, 0.15) is 0 Å². The van der Waals surface area contributed by atoms with E-state index in [0.717, 1.165) is 0 Å². The molecule has 2 unspecified atom stereocenters. The van der Waals surface area contributed by atoms with Gasteiger partial charge in [0.2, 0.25) is 0 Å². The van der Waals surface area contributed by atoms with Crippen molar-refractivity contribution in [1.29, 1.82) is 0 Å². The van der Waals surface area contributed by atoms with E-state index in [9.17, 15) is 0 Å². The highest BCUT2D eigenvalue weighted by atomic mass is 79.9. The second-order valence-electron chi connectivity index (χ2n) is 2.43. The highest BCUT2D eigenvalue weighted by molar-refractivity contribution is 9.09. The van der Waals surface area contributed by atoms with Crippen molar-refractivity contribution in [3.63, 3.8) is 0 Å². The minimum Gasteiger partial charge on any atom is -0.334 e. The van der Waals surface area contributed by atoms with Crippen LogP contribution in [0.2, 0.25) is 0 Å². The van der Waals surface area contributed by atoms with E-state index in [2.05, 4.69) is 39.3 Å². The summed E-state index contributed by atoms with van der Waals surface area (Å²) < 4.78 is 2.08. The first-order valence-electron chi connectivity index (χ1n) is 3.33. The molecule has 2 atom stereocenters. The molecule has 0 amide bonds. The summed E-state index contributed by atoms with van der Waals surface area (Å²) in [6.45, 7) is 4.28. The first-order chi connectivity index (χ1) is 4.72. The third-order valence-electron chi connectivity index (χ3n) is 1.66. The molecule has 0 aromatic carbocycles. The van der Waals surface area contributed by atoms with Crippen LogP contribution in [0.4, 0.5) is 0 Å².